The molecule has 0 heterocycles. The van der Waals surface area contributed by atoms with Gasteiger partial charge in [-0.05, 0) is 18.6 Å². The molecule has 0 saturated carbocycles. The maximum atomic E-state index is 2.28. The Kier molecular flexibility index (Phi) is 10.6. The summed E-state index contributed by atoms with van der Waals surface area (Å²) >= 11 is 0. The zero-order valence-corrected chi connectivity index (χ0v) is 13.2. The van der Waals surface area contributed by atoms with Gasteiger partial charge in [0.1, 0.15) is 0 Å². The first kappa shape index (κ1) is 16.0. The van der Waals surface area contributed by atoms with E-state index in [1.54, 1.807) is 0 Å². The predicted molar refractivity (Wildman–Crippen MR) is 87.4 cm³/mol. The standard InChI is InChI=1S/C16H26S2/c1-2-3-4-5-6-7-8-12-15-17-18-16-13-10-9-11-14-16/h9-11,13-14H,2-8,12,15H2,1H3. The van der Waals surface area contributed by atoms with Crippen LogP contribution in [0.3, 0.4) is 0 Å². The highest BCUT2D eigenvalue weighted by Gasteiger charge is 1.94. The number of rotatable bonds is 11. The summed E-state index contributed by atoms with van der Waals surface area (Å²) in [4.78, 5) is 1.38. The van der Waals surface area contributed by atoms with Crippen LogP contribution < -0.4 is 0 Å². The molecule has 0 aromatic heterocycles. The lowest BCUT2D eigenvalue weighted by Crippen LogP contribution is -1.82. The van der Waals surface area contributed by atoms with E-state index in [0.717, 1.165) is 0 Å². The molecule has 18 heavy (non-hydrogen) atoms. The Morgan fingerprint density at radius 3 is 2.06 bits per heavy atom. The molecular weight excluding hydrogens is 256 g/mol. The first-order valence-electron chi connectivity index (χ1n) is 7.28. The average Bonchev–Trinajstić information content (AvgIpc) is 2.42. The highest BCUT2D eigenvalue weighted by molar-refractivity contribution is 8.76. The van der Waals surface area contributed by atoms with E-state index >= 15 is 0 Å². The van der Waals surface area contributed by atoms with Gasteiger partial charge in [-0.1, -0.05) is 91.7 Å². The SMILES string of the molecule is CCCCCCCCCCSSc1ccccc1. The van der Waals surface area contributed by atoms with Gasteiger partial charge in [-0.3, -0.25) is 0 Å². The molecule has 0 atom stereocenters. The first-order valence-corrected chi connectivity index (χ1v) is 9.60. The van der Waals surface area contributed by atoms with Crippen molar-refractivity contribution < 1.29 is 0 Å². The molecule has 0 saturated heterocycles. The summed E-state index contributed by atoms with van der Waals surface area (Å²) in [5.74, 6) is 1.29. The molecule has 0 radical (unpaired) electrons. The quantitative estimate of drug-likeness (QED) is 0.332. The Bertz CT molecular complexity index is 272. The Labute approximate surface area is 121 Å². The third-order valence-corrected chi connectivity index (χ3v) is 5.45. The van der Waals surface area contributed by atoms with E-state index in [9.17, 15) is 0 Å². The van der Waals surface area contributed by atoms with Gasteiger partial charge in [0.05, 0.1) is 0 Å². The van der Waals surface area contributed by atoms with Crippen LogP contribution in [0.4, 0.5) is 0 Å². The van der Waals surface area contributed by atoms with Crippen molar-refractivity contribution in [2.75, 3.05) is 5.75 Å². The highest BCUT2D eigenvalue weighted by atomic mass is 33.1. The molecule has 2 heteroatoms. The summed E-state index contributed by atoms with van der Waals surface area (Å²) in [6, 6.07) is 10.7. The molecule has 0 aliphatic rings. The highest BCUT2D eigenvalue weighted by Crippen LogP contribution is 2.31. The fourth-order valence-corrected chi connectivity index (χ4v) is 4.04. The third kappa shape index (κ3) is 8.93. The normalized spacial score (nSPS) is 10.7. The van der Waals surface area contributed by atoms with Crippen molar-refractivity contribution >= 4 is 21.6 Å². The molecule has 0 amide bonds. The minimum atomic E-state index is 1.29. The van der Waals surface area contributed by atoms with Crippen LogP contribution in [0.25, 0.3) is 0 Å². The molecule has 1 aromatic carbocycles. The molecule has 0 unspecified atom stereocenters. The first-order chi connectivity index (χ1) is 8.93. The van der Waals surface area contributed by atoms with Crippen molar-refractivity contribution in [1.29, 1.82) is 0 Å². The van der Waals surface area contributed by atoms with Gasteiger partial charge in [-0.25, -0.2) is 0 Å². The minimum Gasteiger partial charge on any atom is -0.0889 e. The van der Waals surface area contributed by atoms with Crippen LogP contribution in [0.1, 0.15) is 58.3 Å². The van der Waals surface area contributed by atoms with Crippen LogP contribution >= 0.6 is 21.6 Å². The van der Waals surface area contributed by atoms with Gasteiger partial charge >= 0.3 is 0 Å². The summed E-state index contributed by atoms with van der Waals surface area (Å²) in [6.07, 6.45) is 11.3. The van der Waals surface area contributed by atoms with Gasteiger partial charge in [-0.2, -0.15) is 0 Å². The maximum Gasteiger partial charge on any atom is 0.0182 e. The lowest BCUT2D eigenvalue weighted by molar-refractivity contribution is 0.586. The predicted octanol–water partition coefficient (Wildman–Crippen LogP) is 6.57. The Morgan fingerprint density at radius 1 is 0.778 bits per heavy atom. The van der Waals surface area contributed by atoms with Crippen molar-refractivity contribution in [3.63, 3.8) is 0 Å². The lowest BCUT2D eigenvalue weighted by Gasteiger charge is -2.02. The number of hydrogen-bond donors (Lipinski definition) is 0. The number of unbranched alkanes of at least 4 members (excludes halogenated alkanes) is 7. The van der Waals surface area contributed by atoms with E-state index in [2.05, 4.69) is 37.3 Å². The molecular formula is C16H26S2. The van der Waals surface area contributed by atoms with E-state index < -0.39 is 0 Å². The van der Waals surface area contributed by atoms with Gasteiger partial charge in [0, 0.05) is 10.6 Å². The van der Waals surface area contributed by atoms with Crippen molar-refractivity contribution in [3.8, 4) is 0 Å². The molecule has 1 rings (SSSR count). The fraction of sp³-hybridized carbons (Fsp3) is 0.625. The molecule has 102 valence electrons. The summed E-state index contributed by atoms with van der Waals surface area (Å²) in [5, 5.41) is 0. The zero-order valence-electron chi connectivity index (χ0n) is 11.6. The molecule has 1 aromatic rings. The van der Waals surface area contributed by atoms with Gasteiger partial charge < -0.3 is 0 Å². The Hall–Kier alpha value is -0.0800. The average molecular weight is 283 g/mol. The van der Waals surface area contributed by atoms with Gasteiger partial charge in [0.2, 0.25) is 0 Å². The minimum absolute atomic E-state index is 1.29. The maximum absolute atomic E-state index is 2.28. The van der Waals surface area contributed by atoms with Crippen molar-refractivity contribution in [3.05, 3.63) is 30.3 Å². The smallest absolute Gasteiger partial charge is 0.0182 e. The topological polar surface area (TPSA) is 0 Å². The second-order valence-electron chi connectivity index (χ2n) is 4.69. The van der Waals surface area contributed by atoms with Crippen LogP contribution in [0.5, 0.6) is 0 Å². The molecule has 0 aliphatic heterocycles. The molecule has 0 nitrogen and oxygen atoms in total. The second kappa shape index (κ2) is 12.0. The lowest BCUT2D eigenvalue weighted by atomic mass is 10.1. The summed E-state index contributed by atoms with van der Waals surface area (Å²) in [7, 11) is 3.91. The van der Waals surface area contributed by atoms with Gasteiger partial charge in [0.15, 0.2) is 0 Å². The van der Waals surface area contributed by atoms with Crippen LogP contribution in [0.2, 0.25) is 0 Å². The molecule has 0 aliphatic carbocycles. The number of hydrogen-bond acceptors (Lipinski definition) is 2. The van der Waals surface area contributed by atoms with Gasteiger partial charge in [0.25, 0.3) is 0 Å². The molecule has 0 bridgehead atoms. The van der Waals surface area contributed by atoms with Crippen molar-refractivity contribution in [1.82, 2.24) is 0 Å². The number of benzene rings is 1. The van der Waals surface area contributed by atoms with Gasteiger partial charge in [-0.15, -0.1) is 0 Å². The summed E-state index contributed by atoms with van der Waals surface area (Å²) in [5.41, 5.74) is 0. The molecule has 0 spiro atoms. The van der Waals surface area contributed by atoms with E-state index in [1.165, 1.54) is 62.0 Å². The van der Waals surface area contributed by atoms with Crippen LogP contribution in [-0.2, 0) is 0 Å². The summed E-state index contributed by atoms with van der Waals surface area (Å²) in [6.45, 7) is 2.28. The molecule has 0 N–H and O–H groups in total. The van der Waals surface area contributed by atoms with E-state index in [4.69, 9.17) is 0 Å². The Balaban J connectivity index is 1.82. The monoisotopic (exact) mass is 282 g/mol. The fourth-order valence-electron chi connectivity index (χ4n) is 1.88. The van der Waals surface area contributed by atoms with Crippen LogP contribution in [-0.4, -0.2) is 5.75 Å². The Morgan fingerprint density at radius 2 is 1.39 bits per heavy atom. The molecule has 0 fully saturated rings. The summed E-state index contributed by atoms with van der Waals surface area (Å²) < 4.78 is 0. The van der Waals surface area contributed by atoms with Crippen molar-refractivity contribution in [2.45, 2.75) is 63.2 Å². The second-order valence-corrected chi connectivity index (χ2v) is 7.18. The van der Waals surface area contributed by atoms with Crippen molar-refractivity contribution in [2.24, 2.45) is 0 Å². The zero-order chi connectivity index (χ0) is 12.9. The van der Waals surface area contributed by atoms with Crippen LogP contribution in [0.15, 0.2) is 35.2 Å². The van der Waals surface area contributed by atoms with Crippen LogP contribution in [0, 0.1) is 0 Å². The third-order valence-electron chi connectivity index (χ3n) is 2.98. The largest absolute Gasteiger partial charge is 0.0889 e. The van der Waals surface area contributed by atoms with E-state index in [-0.39, 0.29) is 0 Å². The van der Waals surface area contributed by atoms with E-state index in [1.807, 2.05) is 21.6 Å². The van der Waals surface area contributed by atoms with E-state index in [0.29, 0.717) is 0 Å².